The average Bonchev–Trinajstić information content (AvgIpc) is 3.17. The first-order valence-electron chi connectivity index (χ1n) is 6.75. The minimum atomic E-state index is -0.231. The number of carbonyl (C=O) groups is 1. The summed E-state index contributed by atoms with van der Waals surface area (Å²) in [6.45, 7) is 3.47. The monoisotopic (exact) mass is 324 g/mol. The summed E-state index contributed by atoms with van der Waals surface area (Å²) in [5, 5.41) is 10.9. The summed E-state index contributed by atoms with van der Waals surface area (Å²) in [6.07, 6.45) is 2.45. The molecule has 1 fully saturated rings. The Balaban J connectivity index is 1.54. The van der Waals surface area contributed by atoms with Gasteiger partial charge in [0.2, 0.25) is 0 Å². The van der Waals surface area contributed by atoms with E-state index in [4.69, 9.17) is 4.74 Å². The molecule has 0 saturated carbocycles. The Hall–Kier alpha value is -1.51. The molecular weight excluding hydrogens is 308 g/mol. The maximum Gasteiger partial charge on any atom is 0.276 e. The SMILES string of the molecule is Cc1csc(NC(=O)c2csc(NC[C@@H]3CCCO3)n2)n1. The third-order valence-electron chi connectivity index (χ3n) is 3.08. The summed E-state index contributed by atoms with van der Waals surface area (Å²) in [5.41, 5.74) is 1.30. The van der Waals surface area contributed by atoms with Gasteiger partial charge >= 0.3 is 0 Å². The fourth-order valence-corrected chi connectivity index (χ4v) is 3.42. The molecule has 0 radical (unpaired) electrons. The first-order chi connectivity index (χ1) is 10.2. The molecule has 2 N–H and O–H groups in total. The van der Waals surface area contributed by atoms with E-state index < -0.39 is 0 Å². The molecule has 21 heavy (non-hydrogen) atoms. The van der Waals surface area contributed by atoms with Crippen LogP contribution >= 0.6 is 22.7 Å². The molecule has 1 aliphatic heterocycles. The number of aryl methyl sites for hydroxylation is 1. The second-order valence-electron chi connectivity index (χ2n) is 4.80. The largest absolute Gasteiger partial charge is 0.376 e. The third-order valence-corrected chi connectivity index (χ3v) is 4.76. The van der Waals surface area contributed by atoms with Crippen molar-refractivity contribution in [1.82, 2.24) is 9.97 Å². The lowest BCUT2D eigenvalue weighted by Crippen LogP contribution is -2.18. The summed E-state index contributed by atoms with van der Waals surface area (Å²) < 4.78 is 5.54. The number of anilines is 2. The van der Waals surface area contributed by atoms with E-state index >= 15 is 0 Å². The normalized spacial score (nSPS) is 17.9. The second-order valence-corrected chi connectivity index (χ2v) is 6.52. The van der Waals surface area contributed by atoms with E-state index in [9.17, 15) is 4.79 Å². The number of carbonyl (C=O) groups excluding carboxylic acids is 1. The van der Waals surface area contributed by atoms with Crippen molar-refractivity contribution in [2.24, 2.45) is 0 Å². The predicted octanol–water partition coefficient (Wildman–Crippen LogP) is 2.75. The highest BCUT2D eigenvalue weighted by molar-refractivity contribution is 7.14. The first kappa shape index (κ1) is 14.4. The predicted molar refractivity (Wildman–Crippen MR) is 84.4 cm³/mol. The third kappa shape index (κ3) is 3.78. The summed E-state index contributed by atoms with van der Waals surface area (Å²) in [4.78, 5) is 20.5. The van der Waals surface area contributed by atoms with Crippen molar-refractivity contribution in [3.8, 4) is 0 Å². The van der Waals surface area contributed by atoms with Gasteiger partial charge < -0.3 is 10.1 Å². The molecule has 1 amide bonds. The van der Waals surface area contributed by atoms with E-state index in [2.05, 4.69) is 20.6 Å². The van der Waals surface area contributed by atoms with E-state index in [0.29, 0.717) is 10.8 Å². The average molecular weight is 324 g/mol. The second kappa shape index (κ2) is 6.50. The molecule has 0 aromatic carbocycles. The van der Waals surface area contributed by atoms with E-state index in [-0.39, 0.29) is 12.0 Å². The Morgan fingerprint density at radius 3 is 2.95 bits per heavy atom. The van der Waals surface area contributed by atoms with Crippen molar-refractivity contribution in [2.45, 2.75) is 25.9 Å². The zero-order valence-corrected chi connectivity index (χ0v) is 13.2. The minimum absolute atomic E-state index is 0.231. The Morgan fingerprint density at radius 2 is 2.24 bits per heavy atom. The van der Waals surface area contributed by atoms with E-state index in [0.717, 1.165) is 36.8 Å². The van der Waals surface area contributed by atoms with Gasteiger partial charge in [0.05, 0.1) is 11.8 Å². The van der Waals surface area contributed by atoms with Crippen LogP contribution in [0.2, 0.25) is 0 Å². The van der Waals surface area contributed by atoms with Crippen LogP contribution in [0.25, 0.3) is 0 Å². The Morgan fingerprint density at radius 1 is 1.38 bits per heavy atom. The van der Waals surface area contributed by atoms with Gasteiger partial charge in [0.15, 0.2) is 10.3 Å². The summed E-state index contributed by atoms with van der Waals surface area (Å²) >= 11 is 2.83. The maximum atomic E-state index is 12.0. The minimum Gasteiger partial charge on any atom is -0.376 e. The van der Waals surface area contributed by atoms with Gasteiger partial charge in [-0.15, -0.1) is 22.7 Å². The highest BCUT2D eigenvalue weighted by Gasteiger charge is 2.17. The lowest BCUT2D eigenvalue weighted by molar-refractivity contribution is 0.102. The van der Waals surface area contributed by atoms with E-state index in [1.807, 2.05) is 12.3 Å². The molecule has 6 nitrogen and oxygen atoms in total. The molecule has 1 saturated heterocycles. The highest BCUT2D eigenvalue weighted by Crippen LogP contribution is 2.20. The lowest BCUT2D eigenvalue weighted by atomic mass is 10.2. The van der Waals surface area contributed by atoms with Crippen molar-refractivity contribution < 1.29 is 9.53 Å². The number of rotatable bonds is 5. The summed E-state index contributed by atoms with van der Waals surface area (Å²) in [5.74, 6) is -0.231. The van der Waals surface area contributed by atoms with Crippen LogP contribution in [0.15, 0.2) is 10.8 Å². The van der Waals surface area contributed by atoms with Crippen molar-refractivity contribution in [3.63, 3.8) is 0 Å². The number of aromatic nitrogens is 2. The molecule has 0 spiro atoms. The van der Waals surface area contributed by atoms with Crippen LogP contribution in [0.1, 0.15) is 29.0 Å². The number of ether oxygens (including phenoxy) is 1. The van der Waals surface area contributed by atoms with Crippen LogP contribution in [-0.4, -0.2) is 35.1 Å². The first-order valence-corrected chi connectivity index (χ1v) is 8.51. The Kier molecular flexibility index (Phi) is 4.47. The van der Waals surface area contributed by atoms with Crippen LogP contribution in [0, 0.1) is 6.92 Å². The molecule has 3 heterocycles. The maximum absolute atomic E-state index is 12.0. The molecule has 3 rings (SSSR count). The number of hydrogen-bond donors (Lipinski definition) is 2. The molecule has 112 valence electrons. The van der Waals surface area contributed by atoms with Crippen molar-refractivity contribution >= 4 is 38.8 Å². The van der Waals surface area contributed by atoms with Gasteiger partial charge in [-0.2, -0.15) is 0 Å². The fourth-order valence-electron chi connectivity index (χ4n) is 2.04. The smallest absolute Gasteiger partial charge is 0.276 e. The molecule has 0 aliphatic carbocycles. The molecule has 8 heteroatoms. The zero-order valence-electron chi connectivity index (χ0n) is 11.6. The Bertz CT molecular complexity index is 619. The molecule has 2 aromatic rings. The lowest BCUT2D eigenvalue weighted by Gasteiger charge is -2.08. The highest BCUT2D eigenvalue weighted by atomic mass is 32.1. The molecule has 2 aromatic heterocycles. The molecule has 1 aliphatic rings. The fraction of sp³-hybridized carbons (Fsp3) is 0.462. The van der Waals surface area contributed by atoms with E-state index in [1.54, 1.807) is 5.38 Å². The number of nitrogens with one attached hydrogen (secondary N) is 2. The van der Waals surface area contributed by atoms with Gasteiger partial charge in [-0.25, -0.2) is 9.97 Å². The standard InChI is InChI=1S/C13H16N4O2S2/c1-8-6-20-13(15-8)17-11(18)10-7-21-12(16-10)14-5-9-3-2-4-19-9/h6-7,9H,2-5H2,1H3,(H,14,16)(H,15,17,18)/t9-/m0/s1. The van der Waals surface area contributed by atoms with E-state index in [1.165, 1.54) is 22.7 Å². The van der Waals surface area contributed by atoms with Crippen LogP contribution in [0.3, 0.4) is 0 Å². The number of hydrogen-bond acceptors (Lipinski definition) is 7. The molecule has 0 unspecified atom stereocenters. The van der Waals surface area contributed by atoms with Gasteiger partial charge in [-0.3, -0.25) is 10.1 Å². The van der Waals surface area contributed by atoms with Crippen molar-refractivity contribution in [3.05, 3.63) is 22.1 Å². The molecule has 0 bridgehead atoms. The number of nitrogens with zero attached hydrogens (tertiary/aromatic N) is 2. The van der Waals surface area contributed by atoms with Crippen LogP contribution in [0.5, 0.6) is 0 Å². The van der Waals surface area contributed by atoms with Crippen molar-refractivity contribution in [1.29, 1.82) is 0 Å². The van der Waals surface area contributed by atoms with Crippen LogP contribution in [0.4, 0.5) is 10.3 Å². The van der Waals surface area contributed by atoms with Gasteiger partial charge in [0.25, 0.3) is 5.91 Å². The summed E-state index contributed by atoms with van der Waals surface area (Å²) in [7, 11) is 0. The molecular formula is C13H16N4O2S2. The van der Waals surface area contributed by atoms with Gasteiger partial charge in [-0.1, -0.05) is 0 Å². The van der Waals surface area contributed by atoms with Gasteiger partial charge in [0, 0.05) is 23.9 Å². The Labute approximate surface area is 130 Å². The summed E-state index contributed by atoms with van der Waals surface area (Å²) in [6, 6.07) is 0. The van der Waals surface area contributed by atoms with Crippen LogP contribution in [-0.2, 0) is 4.74 Å². The van der Waals surface area contributed by atoms with Crippen molar-refractivity contribution in [2.75, 3.05) is 23.8 Å². The van der Waals surface area contributed by atoms with Crippen LogP contribution < -0.4 is 10.6 Å². The zero-order chi connectivity index (χ0) is 14.7. The van der Waals surface area contributed by atoms with Gasteiger partial charge in [-0.05, 0) is 19.8 Å². The molecule has 1 atom stereocenters. The topological polar surface area (TPSA) is 76.1 Å². The number of thiazole rings is 2. The van der Waals surface area contributed by atoms with Gasteiger partial charge in [0.1, 0.15) is 5.69 Å². The number of amides is 1. The quantitative estimate of drug-likeness (QED) is 0.884.